The van der Waals surface area contributed by atoms with Gasteiger partial charge in [-0.25, -0.2) is 4.39 Å². The number of benzene rings is 1. The molecule has 0 saturated heterocycles. The quantitative estimate of drug-likeness (QED) is 0.696. The zero-order chi connectivity index (χ0) is 12.8. The second-order valence-electron chi connectivity index (χ2n) is 3.92. The molecular formula is C12H16FIN4O. The van der Waals surface area contributed by atoms with Gasteiger partial charge in [-0.05, 0) is 24.6 Å². The summed E-state index contributed by atoms with van der Waals surface area (Å²) in [5.41, 5.74) is 0.445. The van der Waals surface area contributed by atoms with Crippen LogP contribution in [0.1, 0.15) is 6.42 Å². The molecule has 0 atom stereocenters. The summed E-state index contributed by atoms with van der Waals surface area (Å²) < 4.78 is 12.9. The monoisotopic (exact) mass is 378 g/mol. The van der Waals surface area contributed by atoms with Crippen molar-refractivity contribution in [2.24, 2.45) is 4.99 Å². The fraction of sp³-hybridized carbons (Fsp3) is 0.333. The van der Waals surface area contributed by atoms with Crippen LogP contribution < -0.4 is 16.0 Å². The number of aliphatic imine (C=N–C) groups is 1. The maximum atomic E-state index is 12.9. The Hall–Kier alpha value is -1.38. The van der Waals surface area contributed by atoms with Gasteiger partial charge in [-0.15, -0.1) is 24.0 Å². The van der Waals surface area contributed by atoms with Crippen molar-refractivity contribution >= 4 is 41.5 Å². The zero-order valence-corrected chi connectivity index (χ0v) is 12.6. The first-order valence-electron chi connectivity index (χ1n) is 5.81. The molecule has 0 fully saturated rings. The predicted molar refractivity (Wildman–Crippen MR) is 83.4 cm³/mol. The van der Waals surface area contributed by atoms with E-state index in [1.807, 2.05) is 0 Å². The molecule has 1 aromatic rings. The van der Waals surface area contributed by atoms with Crippen molar-refractivity contribution in [3.05, 3.63) is 30.1 Å². The summed E-state index contributed by atoms with van der Waals surface area (Å²) in [5, 5.41) is 8.53. The van der Waals surface area contributed by atoms with E-state index in [2.05, 4.69) is 20.9 Å². The first-order chi connectivity index (χ1) is 8.74. The third-order valence-electron chi connectivity index (χ3n) is 2.42. The Balaban J connectivity index is 0.00000180. The van der Waals surface area contributed by atoms with Crippen LogP contribution in [-0.4, -0.2) is 31.5 Å². The highest BCUT2D eigenvalue weighted by molar-refractivity contribution is 14.0. The average molecular weight is 378 g/mol. The number of nitrogens with zero attached hydrogens (tertiary/aromatic N) is 1. The van der Waals surface area contributed by atoms with Crippen LogP contribution in [0.3, 0.4) is 0 Å². The molecule has 0 spiro atoms. The third kappa shape index (κ3) is 5.41. The lowest BCUT2D eigenvalue weighted by atomic mass is 10.3. The van der Waals surface area contributed by atoms with Gasteiger partial charge in [0, 0.05) is 18.8 Å². The van der Waals surface area contributed by atoms with Crippen LogP contribution in [0.2, 0.25) is 0 Å². The number of amides is 1. The first kappa shape index (κ1) is 15.7. The molecule has 1 amide bonds. The lowest BCUT2D eigenvalue weighted by molar-refractivity contribution is -0.115. The molecule has 19 heavy (non-hydrogen) atoms. The highest BCUT2D eigenvalue weighted by Crippen LogP contribution is 2.08. The molecule has 1 aromatic carbocycles. The van der Waals surface area contributed by atoms with E-state index < -0.39 is 0 Å². The molecule has 0 saturated carbocycles. The predicted octanol–water partition coefficient (Wildman–Crippen LogP) is 1.32. The number of carbonyl (C=O) groups is 1. The summed E-state index contributed by atoms with van der Waals surface area (Å²) in [5.74, 6) is 0.0189. The van der Waals surface area contributed by atoms with Crippen LogP contribution in [-0.2, 0) is 4.79 Å². The molecule has 1 aliphatic heterocycles. The summed E-state index contributed by atoms with van der Waals surface area (Å²) in [4.78, 5) is 15.8. The molecule has 3 N–H and O–H groups in total. The lowest BCUT2D eigenvalue weighted by Crippen LogP contribution is -2.43. The second kappa shape index (κ2) is 7.93. The number of hydrogen-bond donors (Lipinski definition) is 3. The Morgan fingerprint density at radius 3 is 3.00 bits per heavy atom. The van der Waals surface area contributed by atoms with Gasteiger partial charge in [0.05, 0.1) is 6.54 Å². The standard InChI is InChI=1S/C12H15FN4O.HI/c13-9-3-1-4-10(7-9)17-11(18)8-16-12-14-5-2-6-15-12;/h1,3-4,7H,2,5-6,8H2,(H,17,18)(H2,14,15,16);1H. The lowest BCUT2D eigenvalue weighted by Gasteiger charge is -2.15. The van der Waals surface area contributed by atoms with Gasteiger partial charge in [0.1, 0.15) is 5.82 Å². The van der Waals surface area contributed by atoms with Crippen molar-refractivity contribution in [2.45, 2.75) is 6.42 Å². The molecule has 2 rings (SSSR count). The van der Waals surface area contributed by atoms with Crippen LogP contribution in [0.4, 0.5) is 10.1 Å². The fourth-order valence-electron chi connectivity index (χ4n) is 1.59. The molecule has 1 heterocycles. The first-order valence-corrected chi connectivity index (χ1v) is 5.81. The Kier molecular flexibility index (Phi) is 6.54. The topological polar surface area (TPSA) is 65.5 Å². The Labute approximate surface area is 128 Å². The molecule has 0 aliphatic carbocycles. The summed E-state index contributed by atoms with van der Waals surface area (Å²) in [6.07, 6.45) is 1.00. The van der Waals surface area contributed by atoms with Crippen LogP contribution in [0.5, 0.6) is 0 Å². The van der Waals surface area contributed by atoms with Gasteiger partial charge in [0.15, 0.2) is 5.96 Å². The van der Waals surface area contributed by atoms with E-state index in [1.165, 1.54) is 12.1 Å². The molecule has 0 unspecified atom stereocenters. The summed E-state index contributed by atoms with van der Waals surface area (Å²) >= 11 is 0. The van der Waals surface area contributed by atoms with Crippen molar-refractivity contribution in [1.29, 1.82) is 0 Å². The van der Waals surface area contributed by atoms with E-state index in [0.717, 1.165) is 19.5 Å². The van der Waals surface area contributed by atoms with E-state index in [4.69, 9.17) is 0 Å². The van der Waals surface area contributed by atoms with Gasteiger partial charge in [-0.3, -0.25) is 9.79 Å². The van der Waals surface area contributed by atoms with Crippen molar-refractivity contribution in [2.75, 3.05) is 25.0 Å². The van der Waals surface area contributed by atoms with E-state index in [-0.39, 0.29) is 42.2 Å². The van der Waals surface area contributed by atoms with Gasteiger partial charge < -0.3 is 16.0 Å². The van der Waals surface area contributed by atoms with Gasteiger partial charge in [-0.2, -0.15) is 0 Å². The maximum absolute atomic E-state index is 12.9. The minimum atomic E-state index is -0.376. The summed E-state index contributed by atoms with van der Waals surface area (Å²) in [7, 11) is 0. The second-order valence-corrected chi connectivity index (χ2v) is 3.92. The summed E-state index contributed by atoms with van der Waals surface area (Å²) in [6, 6.07) is 5.78. The van der Waals surface area contributed by atoms with Crippen LogP contribution in [0, 0.1) is 5.82 Å². The molecule has 104 valence electrons. The van der Waals surface area contributed by atoms with Gasteiger partial charge in [0.25, 0.3) is 0 Å². The number of nitrogens with one attached hydrogen (secondary N) is 3. The Morgan fingerprint density at radius 2 is 2.32 bits per heavy atom. The van der Waals surface area contributed by atoms with Crippen molar-refractivity contribution < 1.29 is 9.18 Å². The normalized spacial score (nSPS) is 13.6. The number of hydrogen-bond acceptors (Lipinski definition) is 4. The van der Waals surface area contributed by atoms with Crippen LogP contribution in [0.25, 0.3) is 0 Å². The molecule has 1 aliphatic rings. The fourth-order valence-corrected chi connectivity index (χ4v) is 1.59. The van der Waals surface area contributed by atoms with Gasteiger partial charge in [-0.1, -0.05) is 6.07 Å². The van der Waals surface area contributed by atoms with Crippen LogP contribution in [0.15, 0.2) is 29.3 Å². The number of halogens is 2. The molecule has 0 radical (unpaired) electrons. The number of carbonyl (C=O) groups excluding carboxylic acids is 1. The summed E-state index contributed by atoms with van der Waals surface area (Å²) in [6.45, 7) is 1.72. The molecule has 0 aromatic heterocycles. The molecule has 0 bridgehead atoms. The smallest absolute Gasteiger partial charge is 0.243 e. The van der Waals surface area contributed by atoms with Gasteiger partial charge in [0.2, 0.25) is 5.91 Å². The van der Waals surface area contributed by atoms with E-state index in [0.29, 0.717) is 11.6 Å². The average Bonchev–Trinajstić information content (AvgIpc) is 2.38. The Bertz CT molecular complexity index is 467. The van der Waals surface area contributed by atoms with Crippen molar-refractivity contribution in [3.63, 3.8) is 0 Å². The van der Waals surface area contributed by atoms with Gasteiger partial charge >= 0.3 is 0 Å². The molecule has 5 nitrogen and oxygen atoms in total. The SMILES string of the molecule is I.O=C(CNC1=NCCCN1)Nc1cccc(F)c1. The van der Waals surface area contributed by atoms with Crippen LogP contribution >= 0.6 is 24.0 Å². The number of rotatable bonds is 3. The number of guanidine groups is 1. The van der Waals surface area contributed by atoms with E-state index in [9.17, 15) is 9.18 Å². The minimum absolute atomic E-state index is 0. The van der Waals surface area contributed by atoms with E-state index in [1.54, 1.807) is 12.1 Å². The van der Waals surface area contributed by atoms with Crippen molar-refractivity contribution in [1.82, 2.24) is 10.6 Å². The highest BCUT2D eigenvalue weighted by atomic mass is 127. The Morgan fingerprint density at radius 1 is 1.47 bits per heavy atom. The molecular weight excluding hydrogens is 362 g/mol. The largest absolute Gasteiger partial charge is 0.356 e. The minimum Gasteiger partial charge on any atom is -0.356 e. The number of anilines is 1. The van der Waals surface area contributed by atoms with Crippen molar-refractivity contribution in [3.8, 4) is 0 Å². The van der Waals surface area contributed by atoms with E-state index >= 15 is 0 Å². The zero-order valence-electron chi connectivity index (χ0n) is 10.3. The highest BCUT2D eigenvalue weighted by Gasteiger charge is 2.06. The molecule has 7 heteroatoms. The maximum Gasteiger partial charge on any atom is 0.243 e. The third-order valence-corrected chi connectivity index (χ3v) is 2.42.